The lowest BCUT2D eigenvalue weighted by molar-refractivity contribution is 0.444. The zero-order valence-electron chi connectivity index (χ0n) is 10.2. The summed E-state index contributed by atoms with van der Waals surface area (Å²) in [5.74, 6) is -5.60. The summed E-state index contributed by atoms with van der Waals surface area (Å²) >= 11 is 0. The summed E-state index contributed by atoms with van der Waals surface area (Å²) in [6, 6.07) is 0.167. The van der Waals surface area contributed by atoms with E-state index in [0.717, 1.165) is 25.7 Å². The van der Waals surface area contributed by atoms with Crippen molar-refractivity contribution in [1.82, 2.24) is 0 Å². The van der Waals surface area contributed by atoms with Gasteiger partial charge in [0, 0.05) is 12.3 Å². The normalized spacial score (nSPS) is 17.1. The van der Waals surface area contributed by atoms with E-state index in [1.54, 1.807) is 6.21 Å². The first kappa shape index (κ1) is 13.8. The van der Waals surface area contributed by atoms with Gasteiger partial charge in [0.1, 0.15) is 5.69 Å². The minimum absolute atomic E-state index is 0.167. The molecule has 2 rings (SSSR count). The first-order chi connectivity index (χ1) is 9.09. The van der Waals surface area contributed by atoms with E-state index >= 15 is 0 Å². The minimum Gasteiger partial charge on any atom is -0.273 e. The van der Waals surface area contributed by atoms with Crippen molar-refractivity contribution < 1.29 is 17.6 Å². The average molecular weight is 274 g/mol. The third kappa shape index (κ3) is 3.24. The van der Waals surface area contributed by atoms with E-state index < -0.39 is 29.0 Å². The van der Waals surface area contributed by atoms with Crippen molar-refractivity contribution in [3.8, 4) is 0 Å². The number of nitrogens with zero attached hydrogens (tertiary/aromatic N) is 1. The molecule has 1 aliphatic carbocycles. The van der Waals surface area contributed by atoms with Crippen LogP contribution < -0.4 is 5.43 Å². The van der Waals surface area contributed by atoms with Gasteiger partial charge in [0.2, 0.25) is 0 Å². The molecule has 1 aliphatic rings. The van der Waals surface area contributed by atoms with Crippen molar-refractivity contribution in [2.24, 2.45) is 11.0 Å². The molecule has 1 aromatic carbocycles. The highest BCUT2D eigenvalue weighted by molar-refractivity contribution is 5.62. The molecule has 104 valence electrons. The van der Waals surface area contributed by atoms with Gasteiger partial charge in [-0.05, 0) is 18.8 Å². The van der Waals surface area contributed by atoms with Crippen LogP contribution in [0.25, 0.3) is 0 Å². The van der Waals surface area contributed by atoms with E-state index in [1.807, 2.05) is 5.43 Å². The van der Waals surface area contributed by atoms with Crippen molar-refractivity contribution in [3.63, 3.8) is 0 Å². The van der Waals surface area contributed by atoms with Crippen LogP contribution >= 0.6 is 0 Å². The molecular weight excluding hydrogens is 260 g/mol. The summed E-state index contributed by atoms with van der Waals surface area (Å²) in [6.07, 6.45) is 6.83. The number of halogens is 4. The molecule has 1 N–H and O–H groups in total. The van der Waals surface area contributed by atoms with E-state index in [2.05, 4.69) is 5.10 Å². The summed E-state index contributed by atoms with van der Waals surface area (Å²) < 4.78 is 52.4. The van der Waals surface area contributed by atoms with Crippen molar-refractivity contribution in [1.29, 1.82) is 0 Å². The molecule has 0 spiro atoms. The van der Waals surface area contributed by atoms with E-state index in [9.17, 15) is 17.6 Å². The van der Waals surface area contributed by atoms with Gasteiger partial charge in [-0.15, -0.1) is 0 Å². The van der Waals surface area contributed by atoms with Gasteiger partial charge in [-0.3, -0.25) is 5.43 Å². The van der Waals surface area contributed by atoms with E-state index in [0.29, 0.717) is 0 Å². The predicted octanol–water partition coefficient (Wildman–Crippen LogP) is 4.22. The Morgan fingerprint density at radius 3 is 2.16 bits per heavy atom. The summed E-state index contributed by atoms with van der Waals surface area (Å²) in [5.41, 5.74) is 1.15. The lowest BCUT2D eigenvalue weighted by Crippen LogP contribution is -2.09. The second-order valence-corrected chi connectivity index (χ2v) is 4.63. The number of hydrogen-bond acceptors (Lipinski definition) is 2. The molecule has 1 saturated carbocycles. The maximum absolute atomic E-state index is 13.3. The Balaban J connectivity index is 2.08. The standard InChI is InChI=1S/C13H14F4N2/c14-9-6-10(15)12(17)13(11(9)16)19-18-7-8-4-2-1-3-5-8/h6-8,19H,1-5H2/b18-7-. The zero-order chi connectivity index (χ0) is 13.8. The Bertz CT molecular complexity index is 456. The molecule has 6 heteroatoms. The summed E-state index contributed by atoms with van der Waals surface area (Å²) in [7, 11) is 0. The lowest BCUT2D eigenvalue weighted by Gasteiger charge is -2.16. The van der Waals surface area contributed by atoms with Crippen LogP contribution in [0.15, 0.2) is 11.2 Å². The summed E-state index contributed by atoms with van der Waals surface area (Å²) in [6.45, 7) is 0. The second-order valence-electron chi connectivity index (χ2n) is 4.63. The second kappa shape index (κ2) is 6.04. The highest BCUT2D eigenvalue weighted by atomic mass is 19.2. The van der Waals surface area contributed by atoms with Crippen LogP contribution in [0, 0.1) is 29.2 Å². The van der Waals surface area contributed by atoms with Gasteiger partial charge < -0.3 is 0 Å². The molecule has 0 radical (unpaired) electrons. The number of hydrogen-bond donors (Lipinski definition) is 1. The molecule has 0 aliphatic heterocycles. The molecule has 0 saturated heterocycles. The molecule has 1 aromatic rings. The lowest BCUT2D eigenvalue weighted by atomic mass is 9.90. The molecule has 0 bridgehead atoms. The molecular formula is C13H14F4N2. The van der Waals surface area contributed by atoms with Crippen molar-refractivity contribution in [2.45, 2.75) is 32.1 Å². The van der Waals surface area contributed by atoms with Crippen LogP contribution in [0.5, 0.6) is 0 Å². The van der Waals surface area contributed by atoms with Crippen molar-refractivity contribution in [2.75, 3.05) is 5.43 Å². The molecule has 0 amide bonds. The number of rotatable bonds is 3. The van der Waals surface area contributed by atoms with Gasteiger partial charge in [-0.1, -0.05) is 19.3 Å². The Hall–Kier alpha value is -1.59. The Labute approximate surface area is 108 Å². The molecule has 0 aromatic heterocycles. The third-order valence-electron chi connectivity index (χ3n) is 3.22. The van der Waals surface area contributed by atoms with Gasteiger partial charge in [0.15, 0.2) is 23.3 Å². The number of nitrogens with one attached hydrogen (secondary N) is 1. The van der Waals surface area contributed by atoms with Gasteiger partial charge in [-0.2, -0.15) is 5.10 Å². The SMILES string of the molecule is Fc1cc(F)c(F)c(N/N=C\C2CCCCC2)c1F. The highest BCUT2D eigenvalue weighted by Crippen LogP contribution is 2.25. The number of hydrazone groups is 1. The van der Waals surface area contributed by atoms with Gasteiger partial charge in [0.05, 0.1) is 0 Å². The molecule has 1 fully saturated rings. The third-order valence-corrected chi connectivity index (χ3v) is 3.22. The van der Waals surface area contributed by atoms with Crippen LogP contribution in [0.1, 0.15) is 32.1 Å². The Kier molecular flexibility index (Phi) is 4.39. The fraction of sp³-hybridized carbons (Fsp3) is 0.462. The molecule has 2 nitrogen and oxygen atoms in total. The Morgan fingerprint density at radius 1 is 1.00 bits per heavy atom. The molecule has 0 unspecified atom stereocenters. The van der Waals surface area contributed by atoms with Crippen LogP contribution in [-0.2, 0) is 0 Å². The fourth-order valence-corrected chi connectivity index (χ4v) is 2.16. The zero-order valence-corrected chi connectivity index (χ0v) is 10.2. The fourth-order valence-electron chi connectivity index (χ4n) is 2.16. The van der Waals surface area contributed by atoms with E-state index in [1.165, 1.54) is 6.42 Å². The van der Waals surface area contributed by atoms with Gasteiger partial charge in [0.25, 0.3) is 0 Å². The molecule has 0 heterocycles. The highest BCUT2D eigenvalue weighted by Gasteiger charge is 2.18. The van der Waals surface area contributed by atoms with Gasteiger partial charge in [-0.25, -0.2) is 17.6 Å². The van der Waals surface area contributed by atoms with Gasteiger partial charge >= 0.3 is 0 Å². The van der Waals surface area contributed by atoms with Crippen LogP contribution in [-0.4, -0.2) is 6.21 Å². The largest absolute Gasteiger partial charge is 0.273 e. The number of benzene rings is 1. The van der Waals surface area contributed by atoms with Crippen LogP contribution in [0.2, 0.25) is 0 Å². The van der Waals surface area contributed by atoms with Crippen molar-refractivity contribution in [3.05, 3.63) is 29.3 Å². The molecule has 0 atom stereocenters. The summed E-state index contributed by atoms with van der Waals surface area (Å²) in [4.78, 5) is 0. The topological polar surface area (TPSA) is 24.4 Å². The van der Waals surface area contributed by atoms with E-state index in [4.69, 9.17) is 0 Å². The monoisotopic (exact) mass is 274 g/mol. The minimum atomic E-state index is -1.47. The van der Waals surface area contributed by atoms with E-state index in [-0.39, 0.29) is 12.0 Å². The number of anilines is 1. The first-order valence-electron chi connectivity index (χ1n) is 6.21. The predicted molar refractivity (Wildman–Crippen MR) is 65.0 cm³/mol. The smallest absolute Gasteiger partial charge is 0.186 e. The first-order valence-corrected chi connectivity index (χ1v) is 6.21. The molecule has 19 heavy (non-hydrogen) atoms. The maximum atomic E-state index is 13.3. The maximum Gasteiger partial charge on any atom is 0.186 e. The quantitative estimate of drug-likeness (QED) is 0.379. The van der Waals surface area contributed by atoms with Crippen LogP contribution in [0.4, 0.5) is 23.2 Å². The average Bonchev–Trinajstić information content (AvgIpc) is 2.42. The van der Waals surface area contributed by atoms with Crippen molar-refractivity contribution >= 4 is 11.9 Å². The van der Waals surface area contributed by atoms with Crippen LogP contribution in [0.3, 0.4) is 0 Å². The summed E-state index contributed by atoms with van der Waals surface area (Å²) in [5, 5.41) is 3.68. The Morgan fingerprint density at radius 2 is 1.58 bits per heavy atom.